The molecule has 3 fully saturated rings. The number of methoxy groups -OCH3 is 1. The van der Waals surface area contributed by atoms with Crippen LogP contribution in [0.15, 0.2) is 59.0 Å². The van der Waals surface area contributed by atoms with Crippen LogP contribution in [0.1, 0.15) is 40.0 Å². The zero-order chi connectivity index (χ0) is 26.6. The molecule has 0 saturated heterocycles. The summed E-state index contributed by atoms with van der Waals surface area (Å²) in [4.78, 5) is 26.2. The van der Waals surface area contributed by atoms with Gasteiger partial charge in [-0.15, -0.1) is 0 Å². The van der Waals surface area contributed by atoms with Gasteiger partial charge in [0, 0.05) is 41.4 Å². The fraction of sp³-hybridized carbons (Fsp3) is 0.267. The number of hydrogen-bond donors (Lipinski definition) is 3. The number of carbonyl (C=O) groups is 2. The summed E-state index contributed by atoms with van der Waals surface area (Å²) in [6, 6.07) is 14.8. The Balaban J connectivity index is 1.44. The first-order valence-electron chi connectivity index (χ1n) is 12.7. The van der Waals surface area contributed by atoms with Crippen LogP contribution in [0.4, 0.5) is 10.1 Å². The Morgan fingerprint density at radius 1 is 1.00 bits per heavy atom. The summed E-state index contributed by atoms with van der Waals surface area (Å²) in [5.74, 6) is 1.19. The molecule has 4 N–H and O–H groups in total. The lowest BCUT2D eigenvalue weighted by Gasteiger charge is -2.25. The molecule has 3 aromatic carbocycles. The predicted molar refractivity (Wildman–Crippen MR) is 143 cm³/mol. The van der Waals surface area contributed by atoms with Gasteiger partial charge < -0.3 is 25.5 Å². The number of nitrogens with one attached hydrogen (secondary N) is 2. The number of nitrogens with two attached hydrogens (primary N) is 1. The Hall–Kier alpha value is -4.33. The maximum atomic E-state index is 13.5. The van der Waals surface area contributed by atoms with Gasteiger partial charge in [-0.1, -0.05) is 6.07 Å². The van der Waals surface area contributed by atoms with Gasteiger partial charge in [0.2, 0.25) is 0 Å². The molecule has 2 amide bonds. The third-order valence-corrected chi connectivity index (χ3v) is 7.92. The first-order valence-corrected chi connectivity index (χ1v) is 12.7. The Morgan fingerprint density at radius 2 is 1.74 bits per heavy atom. The SMILES string of the molecule is CNC(=O)c1c(-c2ccc(F)cc2)oc2cc(N)c(-c3ccc(OC)c(C(=O)N[C@H]4CC5CC4C5)c3)cc12. The normalized spacial score (nSPS) is 19.7. The Bertz CT molecular complexity index is 1570. The lowest BCUT2D eigenvalue weighted by molar-refractivity contribution is 0.0924. The Morgan fingerprint density at radius 3 is 2.39 bits per heavy atom. The molecule has 0 unspecified atom stereocenters. The highest BCUT2D eigenvalue weighted by atomic mass is 19.1. The largest absolute Gasteiger partial charge is 0.496 e. The van der Waals surface area contributed by atoms with Gasteiger partial charge in [-0.3, -0.25) is 9.59 Å². The molecule has 1 aromatic heterocycles. The van der Waals surface area contributed by atoms with E-state index in [-0.39, 0.29) is 23.7 Å². The second-order valence-corrected chi connectivity index (χ2v) is 10.2. The van der Waals surface area contributed by atoms with Gasteiger partial charge in [0.15, 0.2) is 0 Å². The number of anilines is 1. The molecule has 1 atom stereocenters. The predicted octanol–water partition coefficient (Wildman–Crippen LogP) is 5.38. The Kier molecular flexibility index (Phi) is 5.82. The highest BCUT2D eigenvalue weighted by molar-refractivity contribution is 6.12. The minimum atomic E-state index is -0.387. The Labute approximate surface area is 219 Å². The summed E-state index contributed by atoms with van der Waals surface area (Å²) in [5.41, 5.74) is 9.98. The van der Waals surface area contributed by atoms with Crippen molar-refractivity contribution in [1.82, 2.24) is 10.6 Å². The molecule has 3 aliphatic rings. The average Bonchev–Trinajstić information content (AvgIpc) is 3.59. The van der Waals surface area contributed by atoms with Crippen LogP contribution in [0.25, 0.3) is 33.4 Å². The van der Waals surface area contributed by atoms with Gasteiger partial charge in [-0.05, 0) is 79.1 Å². The molecule has 0 radical (unpaired) electrons. The molecule has 3 saturated carbocycles. The van der Waals surface area contributed by atoms with E-state index in [1.54, 1.807) is 36.4 Å². The van der Waals surface area contributed by atoms with E-state index in [1.165, 1.54) is 39.1 Å². The molecule has 0 aliphatic heterocycles. The molecule has 7 nitrogen and oxygen atoms in total. The van der Waals surface area contributed by atoms with Crippen molar-refractivity contribution in [2.24, 2.45) is 11.8 Å². The van der Waals surface area contributed by atoms with Crippen molar-refractivity contribution in [1.29, 1.82) is 0 Å². The molecule has 0 spiro atoms. The van der Waals surface area contributed by atoms with Crippen molar-refractivity contribution in [2.45, 2.75) is 25.3 Å². The van der Waals surface area contributed by atoms with E-state index in [2.05, 4.69) is 10.6 Å². The van der Waals surface area contributed by atoms with E-state index in [1.807, 2.05) is 6.07 Å². The molecular formula is C30H28FN3O4. The van der Waals surface area contributed by atoms with Crippen molar-refractivity contribution < 1.29 is 23.1 Å². The number of furan rings is 1. The number of benzene rings is 3. The number of nitrogen functional groups attached to an aromatic ring is 1. The lowest BCUT2D eigenvalue weighted by atomic mass is 9.84. The zero-order valence-electron chi connectivity index (χ0n) is 21.1. The maximum absolute atomic E-state index is 13.5. The van der Waals surface area contributed by atoms with E-state index < -0.39 is 0 Å². The van der Waals surface area contributed by atoms with E-state index in [0.29, 0.717) is 61.9 Å². The number of amides is 2. The van der Waals surface area contributed by atoms with Gasteiger partial charge in [0.25, 0.3) is 11.8 Å². The summed E-state index contributed by atoms with van der Waals surface area (Å²) >= 11 is 0. The van der Waals surface area contributed by atoms with Crippen LogP contribution < -0.4 is 21.1 Å². The van der Waals surface area contributed by atoms with Gasteiger partial charge in [0.1, 0.15) is 22.9 Å². The van der Waals surface area contributed by atoms with E-state index in [4.69, 9.17) is 14.9 Å². The number of fused-ring (bicyclic) bond motifs is 2. The number of rotatable bonds is 6. The molecule has 3 aliphatic carbocycles. The average molecular weight is 514 g/mol. The van der Waals surface area contributed by atoms with Crippen LogP contribution in [0.3, 0.4) is 0 Å². The minimum Gasteiger partial charge on any atom is -0.496 e. The molecule has 38 heavy (non-hydrogen) atoms. The minimum absolute atomic E-state index is 0.172. The van der Waals surface area contributed by atoms with Crippen molar-refractivity contribution in [3.8, 4) is 28.2 Å². The zero-order valence-corrected chi connectivity index (χ0v) is 21.1. The fourth-order valence-corrected chi connectivity index (χ4v) is 5.90. The van der Waals surface area contributed by atoms with E-state index >= 15 is 0 Å². The third-order valence-electron chi connectivity index (χ3n) is 7.92. The van der Waals surface area contributed by atoms with Crippen LogP contribution in [0.5, 0.6) is 5.75 Å². The van der Waals surface area contributed by atoms with Crippen molar-refractivity contribution in [3.05, 3.63) is 71.5 Å². The molecule has 4 aromatic rings. The number of halogens is 1. The van der Waals surface area contributed by atoms with Crippen molar-refractivity contribution >= 4 is 28.5 Å². The maximum Gasteiger partial charge on any atom is 0.255 e. The summed E-state index contributed by atoms with van der Waals surface area (Å²) in [6.07, 6.45) is 3.41. The van der Waals surface area contributed by atoms with Gasteiger partial charge in [-0.25, -0.2) is 4.39 Å². The fourth-order valence-electron chi connectivity index (χ4n) is 5.90. The highest BCUT2D eigenvalue weighted by Gasteiger charge is 2.45. The van der Waals surface area contributed by atoms with Gasteiger partial charge in [-0.2, -0.15) is 0 Å². The molecule has 7 rings (SSSR count). The van der Waals surface area contributed by atoms with Crippen molar-refractivity contribution in [3.63, 3.8) is 0 Å². The van der Waals surface area contributed by atoms with Crippen LogP contribution >= 0.6 is 0 Å². The lowest BCUT2D eigenvalue weighted by Crippen LogP contribution is -2.36. The van der Waals surface area contributed by atoms with Crippen LogP contribution in [-0.2, 0) is 0 Å². The van der Waals surface area contributed by atoms with Gasteiger partial charge >= 0.3 is 0 Å². The second kappa shape index (κ2) is 9.20. The van der Waals surface area contributed by atoms with Crippen LogP contribution in [-0.4, -0.2) is 32.0 Å². The number of hydrogen-bond acceptors (Lipinski definition) is 5. The first-order chi connectivity index (χ1) is 18.4. The smallest absolute Gasteiger partial charge is 0.255 e. The molecular weight excluding hydrogens is 485 g/mol. The third kappa shape index (κ3) is 3.97. The number of carbonyl (C=O) groups excluding carboxylic acids is 2. The molecule has 1 heterocycles. The molecule has 2 bridgehead atoms. The number of ether oxygens (including phenoxy) is 1. The second-order valence-electron chi connectivity index (χ2n) is 10.2. The topological polar surface area (TPSA) is 107 Å². The molecule has 8 heteroatoms. The quantitative estimate of drug-likeness (QED) is 0.300. The molecule has 194 valence electrons. The van der Waals surface area contributed by atoms with Gasteiger partial charge in [0.05, 0.1) is 18.2 Å². The highest BCUT2D eigenvalue weighted by Crippen LogP contribution is 2.48. The summed E-state index contributed by atoms with van der Waals surface area (Å²) in [5, 5.41) is 6.41. The summed E-state index contributed by atoms with van der Waals surface area (Å²) < 4.78 is 25.1. The van der Waals surface area contributed by atoms with Crippen molar-refractivity contribution in [2.75, 3.05) is 19.9 Å². The van der Waals surface area contributed by atoms with E-state index in [9.17, 15) is 14.0 Å². The summed E-state index contributed by atoms with van der Waals surface area (Å²) in [7, 11) is 3.08. The monoisotopic (exact) mass is 513 g/mol. The summed E-state index contributed by atoms with van der Waals surface area (Å²) in [6.45, 7) is 0. The van der Waals surface area contributed by atoms with Crippen LogP contribution in [0, 0.1) is 17.7 Å². The standard InChI is InChI=1S/C30H28FN3O4/c1-33-30(36)27-21-13-20(23(32)14-26(21)38-28(27)16-3-6-19(31)7-4-16)17-5-8-25(37-2)22(12-17)29(35)34-24-11-15-9-18(24)10-15/h3-8,12-15,18,24H,9-11,32H2,1-2H3,(H,33,36)(H,34,35)/t15?,18?,24-/m0/s1. The van der Waals surface area contributed by atoms with Crippen LogP contribution in [0.2, 0.25) is 0 Å². The first kappa shape index (κ1) is 24.0. The van der Waals surface area contributed by atoms with E-state index in [0.717, 1.165) is 12.3 Å².